The number of benzene rings is 8. The monoisotopic (exact) mass is 638 g/mol. The van der Waals surface area contributed by atoms with Crippen molar-refractivity contribution in [3.63, 3.8) is 0 Å². The molecule has 0 amide bonds. The van der Waals surface area contributed by atoms with Crippen molar-refractivity contribution in [3.8, 4) is 44.5 Å². The number of hydrogen-bond acceptors (Lipinski definition) is 0. The second-order valence-corrected chi connectivity index (χ2v) is 13.0. The predicted molar refractivity (Wildman–Crippen MR) is 211 cm³/mol. The Morgan fingerprint density at radius 3 is 0.700 bits per heavy atom. The molecule has 238 valence electrons. The van der Waals surface area contributed by atoms with Gasteiger partial charge >= 0.3 is 0 Å². The predicted octanol–water partition coefficient (Wildman–Crippen LogP) is 12.9. The Morgan fingerprint density at radius 2 is 0.440 bits per heavy atom. The van der Waals surface area contributed by atoms with Gasteiger partial charge in [0.1, 0.15) is 0 Å². The first-order valence-electron chi connectivity index (χ1n) is 17.4. The maximum Gasteiger partial charge on any atom is 0.0491 e. The van der Waals surface area contributed by atoms with Crippen LogP contribution in [-0.4, -0.2) is 0 Å². The van der Waals surface area contributed by atoms with E-state index in [9.17, 15) is 0 Å². The van der Waals surface area contributed by atoms with E-state index in [0.717, 1.165) is 6.42 Å². The normalized spacial score (nSPS) is 11.3. The largest absolute Gasteiger partial charge is 0.0622 e. The quantitative estimate of drug-likeness (QED) is 0.138. The molecule has 0 aromatic heterocycles. The molecule has 0 nitrogen and oxygen atoms in total. The van der Waals surface area contributed by atoms with Crippen LogP contribution in [0.3, 0.4) is 0 Å². The van der Waals surface area contributed by atoms with Crippen LogP contribution in [0.2, 0.25) is 0 Å². The van der Waals surface area contributed by atoms with Crippen molar-refractivity contribution in [2.24, 2.45) is 0 Å². The molecule has 0 N–H and O–H groups in total. The van der Waals surface area contributed by atoms with Crippen molar-refractivity contribution in [1.29, 1.82) is 0 Å². The summed E-state index contributed by atoms with van der Waals surface area (Å²) < 4.78 is 0. The minimum atomic E-state index is -0.450. The third-order valence-electron chi connectivity index (χ3n) is 9.98. The van der Waals surface area contributed by atoms with Gasteiger partial charge in [0.25, 0.3) is 0 Å². The van der Waals surface area contributed by atoms with Crippen LogP contribution in [-0.2, 0) is 11.8 Å². The van der Waals surface area contributed by atoms with E-state index in [1.54, 1.807) is 0 Å². The molecule has 0 heteroatoms. The van der Waals surface area contributed by atoms with Gasteiger partial charge in [-0.15, -0.1) is 0 Å². The summed E-state index contributed by atoms with van der Waals surface area (Å²) in [6.07, 6.45) is 0.808. The van der Waals surface area contributed by atoms with Gasteiger partial charge in [0.2, 0.25) is 0 Å². The Kier molecular flexibility index (Phi) is 8.75. The van der Waals surface area contributed by atoms with E-state index in [1.165, 1.54) is 66.8 Å². The summed E-state index contributed by atoms with van der Waals surface area (Å²) in [4.78, 5) is 0. The first-order chi connectivity index (χ1) is 24.8. The van der Waals surface area contributed by atoms with E-state index >= 15 is 0 Å². The fraction of sp³-hybridized carbons (Fsp3) is 0.0400. The van der Waals surface area contributed by atoms with Crippen LogP contribution >= 0.6 is 0 Å². The maximum atomic E-state index is 2.34. The first-order valence-corrected chi connectivity index (χ1v) is 17.4. The molecule has 0 atom stereocenters. The smallest absolute Gasteiger partial charge is 0.0491 e. The van der Waals surface area contributed by atoms with Crippen LogP contribution in [0.1, 0.15) is 22.3 Å². The van der Waals surface area contributed by atoms with Crippen LogP contribution in [0.5, 0.6) is 0 Å². The van der Waals surface area contributed by atoms with Crippen LogP contribution in [0, 0.1) is 0 Å². The lowest BCUT2D eigenvalue weighted by Crippen LogP contribution is -2.32. The van der Waals surface area contributed by atoms with Gasteiger partial charge in [-0.25, -0.2) is 0 Å². The van der Waals surface area contributed by atoms with Crippen molar-refractivity contribution < 1.29 is 0 Å². The van der Waals surface area contributed by atoms with E-state index in [-0.39, 0.29) is 0 Å². The molecule has 8 rings (SSSR count). The summed E-state index contributed by atoms with van der Waals surface area (Å²) in [6.45, 7) is 0. The molecule has 0 radical (unpaired) electrons. The second kappa shape index (κ2) is 14.1. The Bertz CT molecular complexity index is 2050. The lowest BCUT2D eigenvalue weighted by molar-refractivity contribution is 0.613. The zero-order chi connectivity index (χ0) is 33.6. The van der Waals surface area contributed by atoms with Crippen molar-refractivity contribution in [2.75, 3.05) is 0 Å². The first kappa shape index (κ1) is 31.1. The van der Waals surface area contributed by atoms with Crippen LogP contribution in [0.25, 0.3) is 44.5 Å². The van der Waals surface area contributed by atoms with Gasteiger partial charge in [-0.1, -0.05) is 218 Å². The Labute approximate surface area is 296 Å². The van der Waals surface area contributed by atoms with Gasteiger partial charge in [0.05, 0.1) is 0 Å². The average molecular weight is 639 g/mol. The van der Waals surface area contributed by atoms with Crippen LogP contribution < -0.4 is 0 Å². The number of hydrogen-bond donors (Lipinski definition) is 0. The highest BCUT2D eigenvalue weighted by atomic mass is 14.4. The molecule has 8 aromatic rings. The standard InChI is InChI=1S/C50H38/c1-5-13-39(14-6-1)43-23-21-38(22-24-43)37-50(47-31-25-44(26-32-47)40-15-7-2-8-16-40,48-33-27-45(28-34-48)41-17-9-3-10-18-41)49-35-29-46(30-36-49)42-19-11-4-12-20-42/h1-36H,37H2. The molecule has 0 saturated heterocycles. The average Bonchev–Trinajstić information content (AvgIpc) is 3.22. The van der Waals surface area contributed by atoms with Crippen molar-refractivity contribution >= 4 is 0 Å². The summed E-state index contributed by atoms with van der Waals surface area (Å²) in [6, 6.07) is 79.5. The van der Waals surface area contributed by atoms with Gasteiger partial charge in [-0.05, 0) is 73.2 Å². The highest BCUT2D eigenvalue weighted by Crippen LogP contribution is 2.44. The molecule has 0 unspecified atom stereocenters. The number of rotatable bonds is 9. The molecule has 0 aliphatic heterocycles. The zero-order valence-electron chi connectivity index (χ0n) is 28.0. The van der Waals surface area contributed by atoms with Crippen molar-refractivity contribution in [2.45, 2.75) is 11.8 Å². The van der Waals surface area contributed by atoms with E-state index in [2.05, 4.69) is 218 Å². The van der Waals surface area contributed by atoms with E-state index in [1.807, 2.05) is 0 Å². The fourth-order valence-corrected chi connectivity index (χ4v) is 7.29. The fourth-order valence-electron chi connectivity index (χ4n) is 7.29. The summed E-state index contributed by atoms with van der Waals surface area (Å²) in [5.74, 6) is 0. The third kappa shape index (κ3) is 6.32. The SMILES string of the molecule is c1ccc(-c2ccc(CC(c3ccc(-c4ccccc4)cc3)(c3ccc(-c4ccccc4)cc3)c3ccc(-c4ccccc4)cc3)cc2)cc1. The topological polar surface area (TPSA) is 0 Å². The van der Waals surface area contributed by atoms with E-state index < -0.39 is 5.41 Å². The molecule has 0 fully saturated rings. The van der Waals surface area contributed by atoms with Crippen LogP contribution in [0.4, 0.5) is 0 Å². The molecule has 0 spiro atoms. The van der Waals surface area contributed by atoms with Gasteiger partial charge in [0.15, 0.2) is 0 Å². The van der Waals surface area contributed by atoms with E-state index in [0.29, 0.717) is 0 Å². The lowest BCUT2D eigenvalue weighted by atomic mass is 9.65. The van der Waals surface area contributed by atoms with Gasteiger partial charge < -0.3 is 0 Å². The summed E-state index contributed by atoms with van der Waals surface area (Å²) in [5, 5.41) is 0. The van der Waals surface area contributed by atoms with Crippen molar-refractivity contribution in [3.05, 3.63) is 241 Å². The third-order valence-corrected chi connectivity index (χ3v) is 9.98. The van der Waals surface area contributed by atoms with Crippen molar-refractivity contribution in [1.82, 2.24) is 0 Å². The van der Waals surface area contributed by atoms with Crippen LogP contribution in [0.15, 0.2) is 218 Å². The van der Waals surface area contributed by atoms with Gasteiger partial charge in [-0.2, -0.15) is 0 Å². The van der Waals surface area contributed by atoms with Gasteiger partial charge in [0, 0.05) is 5.41 Å². The minimum absolute atomic E-state index is 0.450. The highest BCUT2D eigenvalue weighted by Gasteiger charge is 2.37. The maximum absolute atomic E-state index is 2.34. The summed E-state index contributed by atoms with van der Waals surface area (Å²) >= 11 is 0. The molecular formula is C50H38. The molecule has 50 heavy (non-hydrogen) atoms. The Balaban J connectivity index is 1.30. The molecule has 0 aliphatic carbocycles. The zero-order valence-corrected chi connectivity index (χ0v) is 28.0. The molecular weight excluding hydrogens is 601 g/mol. The minimum Gasteiger partial charge on any atom is -0.0622 e. The molecule has 0 aliphatic rings. The summed E-state index contributed by atoms with van der Waals surface area (Å²) in [5.41, 5.74) is 14.4. The highest BCUT2D eigenvalue weighted by molar-refractivity contribution is 5.69. The van der Waals surface area contributed by atoms with E-state index in [4.69, 9.17) is 0 Å². The molecule has 0 saturated carbocycles. The molecule has 0 bridgehead atoms. The summed E-state index contributed by atoms with van der Waals surface area (Å²) in [7, 11) is 0. The van der Waals surface area contributed by atoms with Gasteiger partial charge in [-0.3, -0.25) is 0 Å². The second-order valence-electron chi connectivity index (χ2n) is 13.0. The molecule has 8 aromatic carbocycles. The molecule has 0 heterocycles. The Hall–Kier alpha value is -6.24. The Morgan fingerprint density at radius 1 is 0.220 bits per heavy atom. The lowest BCUT2D eigenvalue weighted by Gasteiger charge is -2.37.